The van der Waals surface area contributed by atoms with Crippen LogP contribution in [0.2, 0.25) is 0 Å². The van der Waals surface area contributed by atoms with Gasteiger partial charge in [0.25, 0.3) is 0 Å². The Bertz CT molecular complexity index is 988. The van der Waals surface area contributed by atoms with E-state index in [-0.39, 0.29) is 5.78 Å². The van der Waals surface area contributed by atoms with Crippen LogP contribution in [0.25, 0.3) is 5.57 Å². The molecule has 2 aromatic rings. The van der Waals surface area contributed by atoms with Crippen LogP contribution in [-0.4, -0.2) is 18.9 Å². The van der Waals surface area contributed by atoms with Gasteiger partial charge in [0.15, 0.2) is 5.78 Å². The standard InChI is InChI=1S/C23H21NO3/c1-23-13-18(22(26)27-2)20(24-14-15-8-4-3-5-9-15)12-19(23)16-10-6-7-11-17(16)21(23)25/h3-12,24H,13-14H2,1-2H3. The van der Waals surface area contributed by atoms with E-state index in [4.69, 9.17) is 4.74 Å². The number of benzene rings is 2. The van der Waals surface area contributed by atoms with Crippen LogP contribution in [0.15, 0.2) is 71.9 Å². The van der Waals surface area contributed by atoms with Crippen molar-refractivity contribution in [2.24, 2.45) is 5.41 Å². The molecule has 4 heteroatoms. The minimum atomic E-state index is -0.731. The number of hydrogen-bond acceptors (Lipinski definition) is 4. The van der Waals surface area contributed by atoms with Crippen LogP contribution in [0.5, 0.6) is 0 Å². The van der Waals surface area contributed by atoms with E-state index in [0.29, 0.717) is 18.5 Å². The highest BCUT2D eigenvalue weighted by atomic mass is 16.5. The fraction of sp³-hybridized carbons (Fsp3) is 0.217. The van der Waals surface area contributed by atoms with E-state index in [1.165, 1.54) is 7.11 Å². The molecule has 0 bridgehead atoms. The molecule has 2 aliphatic rings. The average Bonchev–Trinajstić information content (AvgIpc) is 2.93. The number of allylic oxidation sites excluding steroid dienone is 2. The summed E-state index contributed by atoms with van der Waals surface area (Å²) in [6.45, 7) is 2.50. The number of methoxy groups -OCH3 is 1. The molecular formula is C23H21NO3. The number of rotatable bonds is 4. The molecule has 0 radical (unpaired) electrons. The average molecular weight is 359 g/mol. The Kier molecular flexibility index (Phi) is 4.19. The Hall–Kier alpha value is -3.14. The molecule has 0 aromatic heterocycles. The first-order chi connectivity index (χ1) is 13.0. The summed E-state index contributed by atoms with van der Waals surface area (Å²) in [6.07, 6.45) is 2.28. The lowest BCUT2D eigenvalue weighted by Crippen LogP contribution is -2.31. The highest BCUT2D eigenvalue weighted by molar-refractivity contribution is 6.18. The van der Waals surface area contributed by atoms with Gasteiger partial charge in [0, 0.05) is 17.8 Å². The Morgan fingerprint density at radius 3 is 2.44 bits per heavy atom. The summed E-state index contributed by atoms with van der Waals surface area (Å²) < 4.78 is 5.00. The first-order valence-corrected chi connectivity index (χ1v) is 9.00. The van der Waals surface area contributed by atoms with E-state index in [0.717, 1.165) is 28.0 Å². The Balaban J connectivity index is 1.76. The molecule has 0 amide bonds. The quantitative estimate of drug-likeness (QED) is 0.842. The molecule has 4 rings (SSSR count). The molecule has 0 saturated heterocycles. The first kappa shape index (κ1) is 17.3. The van der Waals surface area contributed by atoms with Crippen LogP contribution in [0.3, 0.4) is 0 Å². The predicted octanol–water partition coefficient (Wildman–Crippen LogP) is 3.89. The molecule has 0 heterocycles. The highest BCUT2D eigenvalue weighted by Gasteiger charge is 2.49. The summed E-state index contributed by atoms with van der Waals surface area (Å²) >= 11 is 0. The lowest BCUT2D eigenvalue weighted by molar-refractivity contribution is -0.136. The van der Waals surface area contributed by atoms with Crippen molar-refractivity contribution >= 4 is 17.3 Å². The molecule has 0 spiro atoms. The van der Waals surface area contributed by atoms with Crippen molar-refractivity contribution < 1.29 is 14.3 Å². The molecule has 1 N–H and O–H groups in total. The lowest BCUT2D eigenvalue weighted by Gasteiger charge is -2.31. The monoisotopic (exact) mass is 359 g/mol. The number of Topliss-reactive ketones (excluding diaryl/α,β-unsaturated/α-hetero) is 1. The summed E-state index contributed by atoms with van der Waals surface area (Å²) in [5.41, 5.74) is 4.26. The number of esters is 1. The second kappa shape index (κ2) is 6.54. The van der Waals surface area contributed by atoms with Gasteiger partial charge in [-0.25, -0.2) is 4.79 Å². The third-order valence-corrected chi connectivity index (χ3v) is 5.46. The van der Waals surface area contributed by atoms with Crippen LogP contribution in [0.1, 0.15) is 34.8 Å². The predicted molar refractivity (Wildman–Crippen MR) is 104 cm³/mol. The number of hydrogen-bond donors (Lipinski definition) is 1. The summed E-state index contributed by atoms with van der Waals surface area (Å²) in [6, 6.07) is 17.6. The van der Waals surface area contributed by atoms with Crippen molar-refractivity contribution in [1.82, 2.24) is 5.32 Å². The van der Waals surface area contributed by atoms with Crippen molar-refractivity contribution in [2.75, 3.05) is 7.11 Å². The van der Waals surface area contributed by atoms with Gasteiger partial charge in [0.05, 0.1) is 18.1 Å². The molecule has 0 saturated carbocycles. The topological polar surface area (TPSA) is 55.4 Å². The molecule has 1 atom stereocenters. The van der Waals surface area contributed by atoms with Crippen LogP contribution >= 0.6 is 0 Å². The minimum Gasteiger partial charge on any atom is -0.466 e. The lowest BCUT2D eigenvalue weighted by atomic mass is 9.72. The van der Waals surface area contributed by atoms with E-state index >= 15 is 0 Å². The van der Waals surface area contributed by atoms with Crippen molar-refractivity contribution in [3.8, 4) is 0 Å². The Labute approximate surface area is 158 Å². The summed E-state index contributed by atoms with van der Waals surface area (Å²) in [4.78, 5) is 25.5. The Morgan fingerprint density at radius 2 is 1.74 bits per heavy atom. The van der Waals surface area contributed by atoms with Crippen molar-refractivity contribution in [3.63, 3.8) is 0 Å². The third-order valence-electron chi connectivity index (χ3n) is 5.46. The van der Waals surface area contributed by atoms with E-state index in [1.807, 2.05) is 67.6 Å². The largest absolute Gasteiger partial charge is 0.466 e. The van der Waals surface area contributed by atoms with Gasteiger partial charge in [-0.1, -0.05) is 54.6 Å². The number of carbonyl (C=O) groups excluding carboxylic acids is 2. The van der Waals surface area contributed by atoms with Gasteiger partial charge in [-0.15, -0.1) is 0 Å². The molecule has 4 nitrogen and oxygen atoms in total. The number of ether oxygens (including phenoxy) is 1. The third kappa shape index (κ3) is 2.78. The summed E-state index contributed by atoms with van der Waals surface area (Å²) in [5, 5.41) is 3.37. The molecule has 136 valence electrons. The van der Waals surface area contributed by atoms with Gasteiger partial charge in [-0.2, -0.15) is 0 Å². The summed E-state index contributed by atoms with van der Waals surface area (Å²) in [7, 11) is 1.37. The molecule has 2 aliphatic carbocycles. The fourth-order valence-corrected chi connectivity index (χ4v) is 3.98. The van der Waals surface area contributed by atoms with Crippen LogP contribution in [-0.2, 0) is 16.1 Å². The van der Waals surface area contributed by atoms with Gasteiger partial charge in [-0.05, 0) is 36.1 Å². The second-order valence-corrected chi connectivity index (χ2v) is 7.16. The summed E-state index contributed by atoms with van der Waals surface area (Å²) in [5.74, 6) is -0.335. The van der Waals surface area contributed by atoms with E-state index in [1.54, 1.807) is 0 Å². The number of carbonyl (C=O) groups is 2. The molecule has 1 unspecified atom stereocenters. The van der Waals surface area contributed by atoms with Gasteiger partial charge in [0.2, 0.25) is 0 Å². The van der Waals surface area contributed by atoms with Gasteiger partial charge in [0.1, 0.15) is 0 Å². The van der Waals surface area contributed by atoms with Crippen molar-refractivity contribution in [3.05, 3.63) is 88.6 Å². The van der Waals surface area contributed by atoms with E-state index < -0.39 is 11.4 Å². The van der Waals surface area contributed by atoms with E-state index in [9.17, 15) is 9.59 Å². The van der Waals surface area contributed by atoms with Gasteiger partial charge in [-0.3, -0.25) is 4.79 Å². The van der Waals surface area contributed by atoms with Crippen molar-refractivity contribution in [2.45, 2.75) is 19.9 Å². The minimum absolute atomic E-state index is 0.0628. The van der Waals surface area contributed by atoms with Gasteiger partial charge < -0.3 is 10.1 Å². The fourth-order valence-electron chi connectivity index (χ4n) is 3.98. The maximum absolute atomic E-state index is 13.1. The molecule has 2 aromatic carbocycles. The first-order valence-electron chi connectivity index (χ1n) is 9.00. The number of fused-ring (bicyclic) bond motifs is 3. The molecular weight excluding hydrogens is 338 g/mol. The zero-order valence-electron chi connectivity index (χ0n) is 15.4. The SMILES string of the molecule is COC(=O)C1=C(NCc2ccccc2)C=C2c3ccccc3C(=O)C2(C)C1. The van der Waals surface area contributed by atoms with Crippen LogP contribution in [0.4, 0.5) is 0 Å². The van der Waals surface area contributed by atoms with Crippen molar-refractivity contribution in [1.29, 1.82) is 0 Å². The number of nitrogens with one attached hydrogen (secondary N) is 1. The Morgan fingerprint density at radius 1 is 1.07 bits per heavy atom. The zero-order valence-corrected chi connectivity index (χ0v) is 15.4. The molecule has 0 aliphatic heterocycles. The molecule has 27 heavy (non-hydrogen) atoms. The number of ketones is 1. The zero-order chi connectivity index (χ0) is 19.0. The van der Waals surface area contributed by atoms with Crippen LogP contribution < -0.4 is 5.32 Å². The maximum Gasteiger partial charge on any atom is 0.335 e. The molecule has 0 fully saturated rings. The maximum atomic E-state index is 13.1. The smallest absolute Gasteiger partial charge is 0.335 e. The second-order valence-electron chi connectivity index (χ2n) is 7.16. The highest BCUT2D eigenvalue weighted by Crippen LogP contribution is 2.52. The van der Waals surface area contributed by atoms with Gasteiger partial charge >= 0.3 is 5.97 Å². The van der Waals surface area contributed by atoms with E-state index in [2.05, 4.69) is 5.32 Å². The van der Waals surface area contributed by atoms with Crippen LogP contribution in [0, 0.1) is 5.41 Å². The normalized spacial score (nSPS) is 20.7.